The zero-order chi connectivity index (χ0) is 11.4. The number of nitrogens with two attached hydrogens (primary N) is 1. The molecule has 3 unspecified atom stereocenters. The van der Waals surface area contributed by atoms with Crippen molar-refractivity contribution in [3.8, 4) is 0 Å². The van der Waals surface area contributed by atoms with Crippen LogP contribution in [0, 0.1) is 11.3 Å². The predicted molar refractivity (Wildman–Crippen MR) is 59.1 cm³/mol. The van der Waals surface area contributed by atoms with E-state index >= 15 is 0 Å². The molecule has 1 rings (SSSR count). The van der Waals surface area contributed by atoms with Crippen LogP contribution in [-0.4, -0.2) is 56.8 Å². The largest absolute Gasteiger partial charge is 0.387 e. The second-order valence-corrected chi connectivity index (χ2v) is 4.12. The van der Waals surface area contributed by atoms with Gasteiger partial charge in [0.2, 0.25) is 0 Å². The first-order valence-corrected chi connectivity index (χ1v) is 5.20. The van der Waals surface area contributed by atoms with Gasteiger partial charge in [0.15, 0.2) is 0 Å². The number of ether oxygens (including phenoxy) is 2. The van der Waals surface area contributed by atoms with Gasteiger partial charge in [-0.05, 0) is 0 Å². The van der Waals surface area contributed by atoms with Crippen molar-refractivity contribution in [3.05, 3.63) is 0 Å². The van der Waals surface area contributed by atoms with Crippen LogP contribution in [-0.2, 0) is 9.47 Å². The van der Waals surface area contributed by atoms with E-state index < -0.39 is 0 Å². The van der Waals surface area contributed by atoms with Gasteiger partial charge in [0.25, 0.3) is 0 Å². The Morgan fingerprint density at radius 2 is 1.87 bits per heavy atom. The second kappa shape index (κ2) is 5.44. The van der Waals surface area contributed by atoms with Crippen LogP contribution in [0.25, 0.3) is 0 Å². The summed E-state index contributed by atoms with van der Waals surface area (Å²) in [7, 11) is 3.41. The average molecular weight is 215 g/mol. The summed E-state index contributed by atoms with van der Waals surface area (Å²) in [5, 5.41) is 7.34. The van der Waals surface area contributed by atoms with E-state index in [-0.39, 0.29) is 24.0 Å². The summed E-state index contributed by atoms with van der Waals surface area (Å²) in [5.41, 5.74) is 5.44. The minimum atomic E-state index is 0.0955. The van der Waals surface area contributed by atoms with Gasteiger partial charge in [0.05, 0.1) is 18.0 Å². The number of amidine groups is 1. The molecule has 0 amide bonds. The third kappa shape index (κ3) is 3.15. The molecular weight excluding hydrogens is 194 g/mol. The molecule has 15 heavy (non-hydrogen) atoms. The third-order valence-corrected chi connectivity index (χ3v) is 2.96. The van der Waals surface area contributed by atoms with E-state index in [0.717, 1.165) is 19.6 Å². The molecule has 0 bridgehead atoms. The highest BCUT2D eigenvalue weighted by molar-refractivity contribution is 5.79. The van der Waals surface area contributed by atoms with Crippen molar-refractivity contribution in [2.24, 2.45) is 11.7 Å². The van der Waals surface area contributed by atoms with Gasteiger partial charge < -0.3 is 15.2 Å². The number of nitrogens with one attached hydrogen (secondary N) is 1. The van der Waals surface area contributed by atoms with Crippen LogP contribution in [0.5, 0.6) is 0 Å². The molecule has 5 nitrogen and oxygen atoms in total. The Morgan fingerprint density at radius 3 is 2.20 bits per heavy atom. The van der Waals surface area contributed by atoms with Crippen LogP contribution >= 0.6 is 0 Å². The Bertz CT molecular complexity index is 211. The standard InChI is InChI=1S/C10H21N3O2/c1-7(10(11)12)4-13-5-8(14-2)9(6-13)15-3/h7-9H,4-6H2,1-3H3,(H3,11,12). The van der Waals surface area contributed by atoms with E-state index in [4.69, 9.17) is 20.6 Å². The second-order valence-electron chi connectivity index (χ2n) is 4.12. The molecule has 0 aliphatic carbocycles. The molecule has 0 aromatic heterocycles. The van der Waals surface area contributed by atoms with Crippen molar-refractivity contribution in [2.75, 3.05) is 33.9 Å². The van der Waals surface area contributed by atoms with E-state index in [1.165, 1.54) is 0 Å². The number of hydrogen-bond acceptors (Lipinski definition) is 4. The molecule has 88 valence electrons. The van der Waals surface area contributed by atoms with E-state index in [1.807, 2.05) is 6.92 Å². The minimum absolute atomic E-state index is 0.0955. The monoisotopic (exact) mass is 215 g/mol. The van der Waals surface area contributed by atoms with Gasteiger partial charge in [-0.3, -0.25) is 10.3 Å². The molecular formula is C10H21N3O2. The summed E-state index contributed by atoms with van der Waals surface area (Å²) in [4.78, 5) is 2.23. The highest BCUT2D eigenvalue weighted by Crippen LogP contribution is 2.16. The predicted octanol–water partition coefficient (Wildman–Crippen LogP) is -0.0959. The Kier molecular flexibility index (Phi) is 4.50. The molecule has 1 aliphatic heterocycles. The Morgan fingerprint density at radius 1 is 1.40 bits per heavy atom. The normalized spacial score (nSPS) is 29.3. The van der Waals surface area contributed by atoms with Gasteiger partial charge in [0, 0.05) is 39.8 Å². The van der Waals surface area contributed by atoms with Gasteiger partial charge in [0.1, 0.15) is 0 Å². The lowest BCUT2D eigenvalue weighted by Crippen LogP contribution is -2.33. The van der Waals surface area contributed by atoms with Gasteiger partial charge in [-0.2, -0.15) is 0 Å². The van der Waals surface area contributed by atoms with E-state index in [0.29, 0.717) is 0 Å². The molecule has 5 heteroatoms. The lowest BCUT2D eigenvalue weighted by atomic mass is 10.1. The van der Waals surface area contributed by atoms with Crippen molar-refractivity contribution < 1.29 is 9.47 Å². The van der Waals surface area contributed by atoms with Crippen LogP contribution in [0.15, 0.2) is 0 Å². The minimum Gasteiger partial charge on any atom is -0.387 e. The quantitative estimate of drug-likeness (QED) is 0.496. The summed E-state index contributed by atoms with van der Waals surface area (Å²) in [5.74, 6) is 0.336. The zero-order valence-electron chi connectivity index (χ0n) is 9.69. The molecule has 3 atom stereocenters. The van der Waals surface area contributed by atoms with Crippen molar-refractivity contribution >= 4 is 5.84 Å². The summed E-state index contributed by atoms with van der Waals surface area (Å²) >= 11 is 0. The number of rotatable bonds is 5. The molecule has 1 heterocycles. The van der Waals surface area contributed by atoms with E-state index in [2.05, 4.69) is 4.90 Å². The third-order valence-electron chi connectivity index (χ3n) is 2.96. The first-order valence-electron chi connectivity index (χ1n) is 5.20. The Labute approximate surface area is 91.0 Å². The molecule has 3 N–H and O–H groups in total. The maximum absolute atomic E-state index is 7.34. The van der Waals surface area contributed by atoms with Crippen molar-refractivity contribution in [1.29, 1.82) is 5.41 Å². The maximum atomic E-state index is 7.34. The molecule has 0 aromatic carbocycles. The van der Waals surface area contributed by atoms with E-state index in [1.54, 1.807) is 14.2 Å². The summed E-state index contributed by atoms with van der Waals surface area (Å²) in [6, 6.07) is 0. The molecule has 0 aromatic rings. The summed E-state index contributed by atoms with van der Waals surface area (Å²) in [6.07, 6.45) is 0.267. The van der Waals surface area contributed by atoms with Gasteiger partial charge in [-0.15, -0.1) is 0 Å². The molecule has 1 saturated heterocycles. The fraction of sp³-hybridized carbons (Fsp3) is 0.900. The highest BCUT2D eigenvalue weighted by atomic mass is 16.5. The van der Waals surface area contributed by atoms with Crippen molar-refractivity contribution in [3.63, 3.8) is 0 Å². The molecule has 0 spiro atoms. The Balaban J connectivity index is 2.43. The van der Waals surface area contributed by atoms with Crippen LogP contribution in [0.2, 0.25) is 0 Å². The number of nitrogens with zero attached hydrogens (tertiary/aromatic N) is 1. The first kappa shape index (κ1) is 12.4. The molecule has 1 aliphatic rings. The number of likely N-dealkylation sites (tertiary alicyclic amines) is 1. The topological polar surface area (TPSA) is 71.6 Å². The van der Waals surface area contributed by atoms with Crippen molar-refractivity contribution in [2.45, 2.75) is 19.1 Å². The van der Waals surface area contributed by atoms with Gasteiger partial charge >= 0.3 is 0 Å². The van der Waals surface area contributed by atoms with Crippen LogP contribution in [0.1, 0.15) is 6.92 Å². The first-order chi connectivity index (χ1) is 7.08. The fourth-order valence-corrected chi connectivity index (χ4v) is 1.91. The fourth-order valence-electron chi connectivity index (χ4n) is 1.91. The van der Waals surface area contributed by atoms with Crippen LogP contribution in [0.3, 0.4) is 0 Å². The molecule has 0 radical (unpaired) electrons. The lowest BCUT2D eigenvalue weighted by Gasteiger charge is -2.19. The molecule has 1 fully saturated rings. The summed E-state index contributed by atoms with van der Waals surface area (Å²) in [6.45, 7) is 4.47. The number of methoxy groups -OCH3 is 2. The van der Waals surface area contributed by atoms with Gasteiger partial charge in [-0.25, -0.2) is 0 Å². The summed E-state index contributed by atoms with van der Waals surface area (Å²) < 4.78 is 10.7. The average Bonchev–Trinajstić information content (AvgIpc) is 2.59. The Hall–Kier alpha value is -0.650. The zero-order valence-corrected chi connectivity index (χ0v) is 9.69. The number of hydrogen-bond donors (Lipinski definition) is 2. The smallest absolute Gasteiger partial charge is 0.0971 e. The van der Waals surface area contributed by atoms with Crippen LogP contribution in [0.4, 0.5) is 0 Å². The maximum Gasteiger partial charge on any atom is 0.0971 e. The highest BCUT2D eigenvalue weighted by Gasteiger charge is 2.33. The van der Waals surface area contributed by atoms with E-state index in [9.17, 15) is 0 Å². The van der Waals surface area contributed by atoms with Crippen molar-refractivity contribution in [1.82, 2.24) is 4.90 Å². The lowest BCUT2D eigenvalue weighted by molar-refractivity contribution is -0.00461. The van der Waals surface area contributed by atoms with Gasteiger partial charge in [-0.1, -0.05) is 6.92 Å². The molecule has 0 saturated carbocycles. The van der Waals surface area contributed by atoms with Crippen LogP contribution < -0.4 is 5.73 Å². The SMILES string of the molecule is COC1CN(CC(C)C(=N)N)CC1OC.